The summed E-state index contributed by atoms with van der Waals surface area (Å²) in [4.78, 5) is 9.14. The van der Waals surface area contributed by atoms with Gasteiger partial charge in [-0.05, 0) is 0 Å². The zero-order chi connectivity index (χ0) is 8.43. The van der Waals surface area contributed by atoms with Gasteiger partial charge in [0.25, 0.3) is 0 Å². The van der Waals surface area contributed by atoms with Crippen LogP contribution < -0.4 is 113 Å². The summed E-state index contributed by atoms with van der Waals surface area (Å²) in [6, 6.07) is 0. The monoisotopic (exact) mass is 233 g/mol. The zero-order valence-electron chi connectivity index (χ0n) is 7.05. The average molecular weight is 233 g/mol. The Balaban J connectivity index is 0. The first kappa shape index (κ1) is 16.8. The molecule has 0 saturated heterocycles. The molecule has 0 N–H and O–H groups in total. The van der Waals surface area contributed by atoms with Crippen molar-refractivity contribution in [1.29, 1.82) is 0 Å². The molecule has 1 rings (SSSR count). The molecule has 0 amide bonds. The minimum absolute atomic E-state index is 0. The van der Waals surface area contributed by atoms with Crippen molar-refractivity contribution in [1.82, 2.24) is 0 Å². The Hall–Kier alpha value is 1.35. The largest absolute Gasteiger partial charge is 1.00 e. The Kier molecular flexibility index (Phi) is 9.83. The Labute approximate surface area is 158 Å². The second-order valence-corrected chi connectivity index (χ2v) is 1.62. The fourth-order valence-corrected chi connectivity index (χ4v) is 0.533. The van der Waals surface area contributed by atoms with Crippen LogP contribution in [0.25, 0.3) is 0 Å². The standard InChI is InChI=1S/C4H3N3O4.2K/c8-4(9)3-2(7(10)11)1-5-6-3;;/h1,8-9H;;/q;2*+1/p-2. The van der Waals surface area contributed by atoms with Crippen LogP contribution in [0.2, 0.25) is 0 Å². The van der Waals surface area contributed by atoms with Crippen LogP contribution in [0.4, 0.5) is 0 Å². The summed E-state index contributed by atoms with van der Waals surface area (Å²) >= 11 is 0. The molecule has 13 heavy (non-hydrogen) atoms. The second-order valence-electron chi connectivity index (χ2n) is 1.62. The minimum Gasteiger partial charge on any atom is -0.882 e. The van der Waals surface area contributed by atoms with Crippen LogP contribution >= 0.6 is 0 Å². The van der Waals surface area contributed by atoms with Crippen molar-refractivity contribution in [2.45, 2.75) is 0 Å². The Morgan fingerprint density at radius 1 is 1.38 bits per heavy atom. The third-order valence-electron chi connectivity index (χ3n) is 0.970. The minimum atomic E-state index is -1.70. The first-order valence-corrected chi connectivity index (χ1v) is 2.47. The maximum atomic E-state index is 10.1. The van der Waals surface area contributed by atoms with Crippen molar-refractivity contribution in [2.75, 3.05) is 0 Å². The van der Waals surface area contributed by atoms with Gasteiger partial charge >= 0.3 is 108 Å². The van der Waals surface area contributed by atoms with Crippen LogP contribution in [0, 0.1) is 10.1 Å². The molecule has 9 heteroatoms. The molecule has 0 aliphatic carbocycles. The fraction of sp³-hybridized carbons (Fsp3) is 0. The number of azo groups is 1. The SMILES string of the molecule is O=[N+]([O-])C1=CN=NC1=C([O-])[O-].[K+].[K+]. The van der Waals surface area contributed by atoms with Crippen LogP contribution in [0.5, 0.6) is 0 Å². The van der Waals surface area contributed by atoms with E-state index in [2.05, 4.69) is 10.2 Å². The van der Waals surface area contributed by atoms with Crippen molar-refractivity contribution in [3.05, 3.63) is 33.7 Å². The molecule has 0 saturated carbocycles. The smallest absolute Gasteiger partial charge is 0.882 e. The van der Waals surface area contributed by atoms with Crippen LogP contribution in [0.1, 0.15) is 0 Å². The van der Waals surface area contributed by atoms with Crippen LogP contribution in [-0.2, 0) is 0 Å². The molecule has 1 heterocycles. The van der Waals surface area contributed by atoms with Gasteiger partial charge < -0.3 is 10.2 Å². The van der Waals surface area contributed by atoms with E-state index in [1.807, 2.05) is 0 Å². The predicted octanol–water partition coefficient (Wildman–Crippen LogP) is -7.53. The molecular weight excluding hydrogens is 232 g/mol. The van der Waals surface area contributed by atoms with Gasteiger partial charge in [-0.1, -0.05) is 0 Å². The van der Waals surface area contributed by atoms with E-state index in [0.29, 0.717) is 0 Å². The summed E-state index contributed by atoms with van der Waals surface area (Å²) in [5, 5.41) is 36.2. The van der Waals surface area contributed by atoms with E-state index in [9.17, 15) is 20.3 Å². The first-order valence-electron chi connectivity index (χ1n) is 2.47. The van der Waals surface area contributed by atoms with Gasteiger partial charge in [0.05, 0.1) is 4.92 Å². The van der Waals surface area contributed by atoms with Gasteiger partial charge in [-0.2, -0.15) is 11.1 Å². The van der Waals surface area contributed by atoms with E-state index >= 15 is 0 Å². The van der Waals surface area contributed by atoms with Crippen molar-refractivity contribution >= 4 is 0 Å². The first-order chi connectivity index (χ1) is 5.13. The van der Waals surface area contributed by atoms with Gasteiger partial charge in [-0.3, -0.25) is 10.1 Å². The maximum Gasteiger partial charge on any atom is 1.00 e. The molecule has 0 atom stereocenters. The maximum absolute atomic E-state index is 10.1. The zero-order valence-corrected chi connectivity index (χ0v) is 13.3. The molecule has 0 radical (unpaired) electrons. The Bertz CT molecular complexity index is 294. The van der Waals surface area contributed by atoms with Crippen molar-refractivity contribution < 1.29 is 118 Å². The van der Waals surface area contributed by atoms with E-state index in [0.717, 1.165) is 6.20 Å². The van der Waals surface area contributed by atoms with Crippen LogP contribution in [-0.4, -0.2) is 4.92 Å². The topological polar surface area (TPSA) is 114 Å². The predicted molar refractivity (Wildman–Crippen MR) is 27.0 cm³/mol. The van der Waals surface area contributed by atoms with Crippen LogP contribution in [0.3, 0.4) is 0 Å². The number of rotatable bonds is 1. The van der Waals surface area contributed by atoms with Gasteiger partial charge in [0.15, 0.2) is 0 Å². The molecule has 0 fully saturated rings. The van der Waals surface area contributed by atoms with Crippen molar-refractivity contribution in [3.8, 4) is 0 Å². The number of hydrogen-bond acceptors (Lipinski definition) is 6. The number of nitro groups is 1. The van der Waals surface area contributed by atoms with Gasteiger partial charge in [-0.25, -0.2) is 0 Å². The molecule has 0 bridgehead atoms. The van der Waals surface area contributed by atoms with E-state index in [1.54, 1.807) is 0 Å². The van der Waals surface area contributed by atoms with Gasteiger partial charge in [0.1, 0.15) is 11.9 Å². The second kappa shape index (κ2) is 7.62. The molecule has 58 valence electrons. The summed E-state index contributed by atoms with van der Waals surface area (Å²) in [5.41, 5.74) is -1.39. The third-order valence-corrected chi connectivity index (χ3v) is 0.970. The summed E-state index contributed by atoms with van der Waals surface area (Å²) < 4.78 is 0. The summed E-state index contributed by atoms with van der Waals surface area (Å²) in [7, 11) is 0. The molecular formula is C4HK2N3O4. The van der Waals surface area contributed by atoms with Gasteiger partial charge in [0.2, 0.25) is 0 Å². The third kappa shape index (κ3) is 4.60. The molecule has 1 aliphatic rings. The molecule has 0 aromatic carbocycles. The van der Waals surface area contributed by atoms with E-state index in [4.69, 9.17) is 0 Å². The molecule has 0 aromatic rings. The Morgan fingerprint density at radius 3 is 2.23 bits per heavy atom. The van der Waals surface area contributed by atoms with E-state index in [1.165, 1.54) is 0 Å². The average Bonchev–Trinajstić information content (AvgIpc) is 2.32. The Morgan fingerprint density at radius 2 is 1.92 bits per heavy atom. The summed E-state index contributed by atoms with van der Waals surface area (Å²) in [5.74, 6) is -1.70. The molecule has 0 aromatic heterocycles. The summed E-state index contributed by atoms with van der Waals surface area (Å²) in [6.45, 7) is 0. The quantitative estimate of drug-likeness (QED) is 0.194. The molecule has 0 unspecified atom stereocenters. The van der Waals surface area contributed by atoms with E-state index in [-0.39, 0.29) is 103 Å². The van der Waals surface area contributed by atoms with Crippen LogP contribution in [0.15, 0.2) is 33.8 Å². The molecule has 7 nitrogen and oxygen atoms in total. The molecule has 0 spiro atoms. The summed E-state index contributed by atoms with van der Waals surface area (Å²) in [6.07, 6.45) is 0.755. The van der Waals surface area contributed by atoms with Crippen molar-refractivity contribution in [2.24, 2.45) is 10.2 Å². The normalized spacial score (nSPS) is 12.6. The fourth-order valence-electron chi connectivity index (χ4n) is 0.533. The number of nitrogens with zero attached hydrogens (tertiary/aromatic N) is 3. The van der Waals surface area contributed by atoms with Crippen molar-refractivity contribution in [3.63, 3.8) is 0 Å². The van der Waals surface area contributed by atoms with E-state index < -0.39 is 22.3 Å². The van der Waals surface area contributed by atoms with Gasteiger partial charge in [0, 0.05) is 0 Å². The molecule has 1 aliphatic heterocycles. The number of hydrogen-bond donors (Lipinski definition) is 0. The van der Waals surface area contributed by atoms with Gasteiger partial charge in [-0.15, -0.1) is 5.11 Å².